The van der Waals surface area contributed by atoms with E-state index >= 15 is 0 Å². The minimum absolute atomic E-state index is 0.0375. The number of nitrogens with zero attached hydrogens (tertiary/aromatic N) is 3. The van der Waals surface area contributed by atoms with Crippen molar-refractivity contribution in [3.63, 3.8) is 0 Å². The molecule has 1 aliphatic rings. The lowest BCUT2D eigenvalue weighted by atomic mass is 10.2. The number of nitro groups is 1. The Bertz CT molecular complexity index is 473. The molecule has 110 valence electrons. The Morgan fingerprint density at radius 3 is 2.60 bits per heavy atom. The van der Waals surface area contributed by atoms with Crippen LogP contribution in [0.25, 0.3) is 0 Å². The molecule has 1 aromatic carbocycles. The Morgan fingerprint density at radius 1 is 1.35 bits per heavy atom. The molecule has 7 heteroatoms. The number of anilines is 1. The molecule has 0 saturated carbocycles. The smallest absolute Gasteiger partial charge is 0.273 e. The minimum atomic E-state index is -0.508. The molecule has 1 N–H and O–H groups in total. The van der Waals surface area contributed by atoms with Gasteiger partial charge in [-0.25, -0.2) is 0 Å². The quantitative estimate of drug-likeness (QED) is 0.642. The summed E-state index contributed by atoms with van der Waals surface area (Å²) in [6.07, 6.45) is 0. The fraction of sp³-hybridized carbons (Fsp3) is 0.538. The van der Waals surface area contributed by atoms with E-state index in [0.717, 1.165) is 32.7 Å². The summed E-state index contributed by atoms with van der Waals surface area (Å²) in [5, 5.41) is 20.6. The van der Waals surface area contributed by atoms with Gasteiger partial charge < -0.3 is 14.7 Å². The first-order valence-corrected chi connectivity index (χ1v) is 6.55. The first-order chi connectivity index (χ1) is 9.61. The van der Waals surface area contributed by atoms with Crippen LogP contribution in [0.15, 0.2) is 18.2 Å². The molecule has 0 bridgehead atoms. The Kier molecular flexibility index (Phi) is 4.75. The SMILES string of the molecule is COCCN1CCN(c2ccc([N+](=O)[O-])cc2O)CC1. The zero-order chi connectivity index (χ0) is 14.5. The monoisotopic (exact) mass is 281 g/mol. The van der Waals surface area contributed by atoms with E-state index in [-0.39, 0.29) is 11.4 Å². The summed E-state index contributed by atoms with van der Waals surface area (Å²) in [5.74, 6) is -0.0375. The summed E-state index contributed by atoms with van der Waals surface area (Å²) in [6.45, 7) is 4.96. The molecule has 1 aromatic rings. The number of methoxy groups -OCH3 is 1. The van der Waals surface area contributed by atoms with Crippen molar-refractivity contribution in [1.29, 1.82) is 0 Å². The van der Waals surface area contributed by atoms with Crippen LogP contribution in [0.1, 0.15) is 0 Å². The van der Waals surface area contributed by atoms with Gasteiger partial charge >= 0.3 is 0 Å². The summed E-state index contributed by atoms with van der Waals surface area (Å²) in [7, 11) is 1.69. The van der Waals surface area contributed by atoms with Crippen LogP contribution in [0.2, 0.25) is 0 Å². The molecule has 0 amide bonds. The molecule has 0 aliphatic carbocycles. The molecule has 1 fully saturated rings. The molecule has 0 radical (unpaired) electrons. The van der Waals surface area contributed by atoms with Crippen molar-refractivity contribution in [3.8, 4) is 5.75 Å². The summed E-state index contributed by atoms with van der Waals surface area (Å²) >= 11 is 0. The van der Waals surface area contributed by atoms with Crippen molar-refractivity contribution in [2.75, 3.05) is 51.3 Å². The number of phenolic OH excluding ortho intramolecular Hbond substituents is 1. The van der Waals surface area contributed by atoms with Crippen LogP contribution >= 0.6 is 0 Å². The Labute approximate surface area is 117 Å². The Morgan fingerprint density at radius 2 is 2.05 bits per heavy atom. The average molecular weight is 281 g/mol. The van der Waals surface area contributed by atoms with E-state index in [1.807, 2.05) is 4.90 Å². The zero-order valence-corrected chi connectivity index (χ0v) is 11.5. The Balaban J connectivity index is 1.98. The van der Waals surface area contributed by atoms with E-state index in [1.54, 1.807) is 13.2 Å². The molecular weight excluding hydrogens is 262 g/mol. The standard InChI is InChI=1S/C13H19N3O4/c1-20-9-8-14-4-6-15(7-5-14)12-3-2-11(16(18)19)10-13(12)17/h2-3,10,17H,4-9H2,1H3. The maximum Gasteiger partial charge on any atom is 0.273 e. The maximum absolute atomic E-state index is 10.6. The second-order valence-corrected chi connectivity index (χ2v) is 4.75. The number of non-ortho nitro benzene ring substituents is 1. The highest BCUT2D eigenvalue weighted by molar-refractivity contribution is 5.61. The van der Waals surface area contributed by atoms with E-state index in [0.29, 0.717) is 12.3 Å². The van der Waals surface area contributed by atoms with Gasteiger partial charge in [0.05, 0.1) is 23.3 Å². The molecule has 0 aromatic heterocycles. The van der Waals surface area contributed by atoms with Gasteiger partial charge in [-0.1, -0.05) is 0 Å². The number of nitro benzene ring substituents is 1. The van der Waals surface area contributed by atoms with Gasteiger partial charge in [0.15, 0.2) is 0 Å². The maximum atomic E-state index is 10.6. The van der Waals surface area contributed by atoms with Crippen molar-refractivity contribution < 1.29 is 14.8 Å². The highest BCUT2D eigenvalue weighted by Crippen LogP contribution is 2.31. The van der Waals surface area contributed by atoms with Crippen LogP contribution in [0.5, 0.6) is 5.75 Å². The first kappa shape index (κ1) is 14.5. The van der Waals surface area contributed by atoms with Crippen LogP contribution in [0.4, 0.5) is 11.4 Å². The predicted molar refractivity (Wildman–Crippen MR) is 75.3 cm³/mol. The normalized spacial score (nSPS) is 16.4. The molecule has 1 aliphatic heterocycles. The van der Waals surface area contributed by atoms with Crippen LogP contribution < -0.4 is 4.90 Å². The zero-order valence-electron chi connectivity index (χ0n) is 11.5. The summed E-state index contributed by atoms with van der Waals surface area (Å²) in [4.78, 5) is 14.5. The molecule has 2 rings (SSSR count). The molecule has 0 unspecified atom stereocenters. The van der Waals surface area contributed by atoms with E-state index in [1.165, 1.54) is 12.1 Å². The fourth-order valence-electron chi connectivity index (χ4n) is 2.33. The second kappa shape index (κ2) is 6.53. The van der Waals surface area contributed by atoms with Gasteiger partial charge in [0.2, 0.25) is 0 Å². The lowest BCUT2D eigenvalue weighted by Gasteiger charge is -2.36. The molecule has 1 heterocycles. The third-order valence-electron chi connectivity index (χ3n) is 3.49. The largest absolute Gasteiger partial charge is 0.506 e. The third-order valence-corrected chi connectivity index (χ3v) is 3.49. The Hall–Kier alpha value is -1.86. The topological polar surface area (TPSA) is 79.1 Å². The van der Waals surface area contributed by atoms with Gasteiger partial charge in [0.1, 0.15) is 5.75 Å². The number of ether oxygens (including phenoxy) is 1. The second-order valence-electron chi connectivity index (χ2n) is 4.75. The van der Waals surface area contributed by atoms with E-state index < -0.39 is 4.92 Å². The van der Waals surface area contributed by atoms with E-state index in [4.69, 9.17) is 4.74 Å². The summed E-state index contributed by atoms with van der Waals surface area (Å²) in [5.41, 5.74) is 0.562. The fourth-order valence-corrected chi connectivity index (χ4v) is 2.33. The molecular formula is C13H19N3O4. The first-order valence-electron chi connectivity index (χ1n) is 6.55. The minimum Gasteiger partial charge on any atom is -0.506 e. The average Bonchev–Trinajstić information content (AvgIpc) is 2.45. The van der Waals surface area contributed by atoms with Crippen molar-refractivity contribution >= 4 is 11.4 Å². The van der Waals surface area contributed by atoms with E-state index in [9.17, 15) is 15.2 Å². The highest BCUT2D eigenvalue weighted by Gasteiger charge is 2.20. The van der Waals surface area contributed by atoms with Crippen molar-refractivity contribution in [2.45, 2.75) is 0 Å². The summed E-state index contributed by atoms with van der Waals surface area (Å²) in [6, 6.07) is 4.23. The molecule has 1 saturated heterocycles. The highest BCUT2D eigenvalue weighted by atomic mass is 16.6. The van der Waals surface area contributed by atoms with Crippen molar-refractivity contribution in [1.82, 2.24) is 4.90 Å². The number of phenols is 1. The number of hydrogen-bond acceptors (Lipinski definition) is 6. The van der Waals surface area contributed by atoms with Crippen LogP contribution in [-0.4, -0.2) is 61.4 Å². The van der Waals surface area contributed by atoms with Crippen molar-refractivity contribution in [2.24, 2.45) is 0 Å². The number of aromatic hydroxyl groups is 1. The lowest BCUT2D eigenvalue weighted by molar-refractivity contribution is -0.384. The predicted octanol–water partition coefficient (Wildman–Crippen LogP) is 1.07. The summed E-state index contributed by atoms with van der Waals surface area (Å²) < 4.78 is 5.05. The number of piperazine rings is 1. The van der Waals surface area contributed by atoms with Gasteiger partial charge in [-0.2, -0.15) is 0 Å². The van der Waals surface area contributed by atoms with Crippen molar-refractivity contribution in [3.05, 3.63) is 28.3 Å². The number of hydrogen-bond donors (Lipinski definition) is 1. The number of benzene rings is 1. The molecule has 7 nitrogen and oxygen atoms in total. The van der Waals surface area contributed by atoms with Crippen LogP contribution in [0.3, 0.4) is 0 Å². The van der Waals surface area contributed by atoms with Gasteiger partial charge in [-0.05, 0) is 6.07 Å². The lowest BCUT2D eigenvalue weighted by Crippen LogP contribution is -2.47. The molecule has 0 atom stereocenters. The van der Waals surface area contributed by atoms with Crippen LogP contribution in [0, 0.1) is 10.1 Å². The van der Waals surface area contributed by atoms with E-state index in [2.05, 4.69) is 4.90 Å². The third kappa shape index (κ3) is 3.37. The van der Waals surface area contributed by atoms with Crippen LogP contribution in [-0.2, 0) is 4.74 Å². The van der Waals surface area contributed by atoms with Gasteiger partial charge in [0.25, 0.3) is 5.69 Å². The number of rotatable bonds is 5. The van der Waals surface area contributed by atoms with Gasteiger partial charge in [-0.15, -0.1) is 0 Å². The van der Waals surface area contributed by atoms with Gasteiger partial charge in [-0.3, -0.25) is 15.0 Å². The van der Waals surface area contributed by atoms with Gasteiger partial charge in [0, 0.05) is 45.9 Å². The molecule has 20 heavy (non-hydrogen) atoms. The molecule has 0 spiro atoms.